The van der Waals surface area contributed by atoms with Crippen molar-refractivity contribution in [1.82, 2.24) is 10.9 Å². The Morgan fingerprint density at radius 3 is 1.27 bits per heavy atom. The van der Waals surface area contributed by atoms with Crippen LogP contribution >= 0.6 is 0 Å². The van der Waals surface area contributed by atoms with Crippen molar-refractivity contribution in [2.75, 3.05) is 0 Å². The SMILES string of the molecule is NNC(=O)c1ccc(N=Nc2ccc(C(=O)NN)cc2)cc1. The molecule has 0 aromatic heterocycles. The Hall–Kier alpha value is -3.10. The number of carbonyl (C=O) groups is 2. The lowest BCUT2D eigenvalue weighted by atomic mass is 10.2. The van der Waals surface area contributed by atoms with Gasteiger partial charge >= 0.3 is 0 Å². The van der Waals surface area contributed by atoms with Crippen LogP contribution in [0.2, 0.25) is 0 Å². The maximum absolute atomic E-state index is 11.3. The molecule has 0 saturated heterocycles. The van der Waals surface area contributed by atoms with E-state index < -0.39 is 0 Å². The third-order valence-corrected chi connectivity index (χ3v) is 2.80. The van der Waals surface area contributed by atoms with E-state index in [1.807, 2.05) is 10.9 Å². The molecule has 8 nitrogen and oxygen atoms in total. The van der Waals surface area contributed by atoms with Crippen LogP contribution < -0.4 is 22.5 Å². The zero-order valence-electron chi connectivity index (χ0n) is 11.5. The fourth-order valence-corrected chi connectivity index (χ4v) is 1.64. The predicted octanol–water partition coefficient (Wildman–Crippen LogP) is 1.31. The zero-order valence-corrected chi connectivity index (χ0v) is 11.5. The molecular weight excluding hydrogens is 284 g/mol. The van der Waals surface area contributed by atoms with Crippen molar-refractivity contribution in [3.8, 4) is 0 Å². The van der Waals surface area contributed by atoms with Crippen molar-refractivity contribution in [2.45, 2.75) is 0 Å². The number of hydrogen-bond acceptors (Lipinski definition) is 6. The summed E-state index contributed by atoms with van der Waals surface area (Å²) in [6.45, 7) is 0. The second kappa shape index (κ2) is 7.07. The molecule has 112 valence electrons. The number of hydrogen-bond donors (Lipinski definition) is 4. The van der Waals surface area contributed by atoms with Gasteiger partial charge in [-0.05, 0) is 48.5 Å². The lowest BCUT2D eigenvalue weighted by Gasteiger charge is -2.00. The largest absolute Gasteiger partial charge is 0.290 e. The van der Waals surface area contributed by atoms with Crippen LogP contribution in [0.4, 0.5) is 11.4 Å². The van der Waals surface area contributed by atoms with Crippen LogP contribution in [0, 0.1) is 0 Å². The van der Waals surface area contributed by atoms with Crippen LogP contribution in [0.5, 0.6) is 0 Å². The number of rotatable bonds is 4. The normalized spacial score (nSPS) is 10.5. The Balaban J connectivity index is 2.08. The van der Waals surface area contributed by atoms with E-state index in [-0.39, 0.29) is 11.8 Å². The molecule has 8 heteroatoms. The van der Waals surface area contributed by atoms with Gasteiger partial charge in [0, 0.05) is 11.1 Å². The molecule has 0 radical (unpaired) electrons. The average molecular weight is 298 g/mol. The molecule has 0 fully saturated rings. The van der Waals surface area contributed by atoms with Gasteiger partial charge in [-0.3, -0.25) is 20.4 Å². The molecular formula is C14H14N6O2. The minimum absolute atomic E-state index is 0.378. The first kappa shape index (κ1) is 15.3. The van der Waals surface area contributed by atoms with Crippen LogP contribution in [0.3, 0.4) is 0 Å². The van der Waals surface area contributed by atoms with E-state index in [0.29, 0.717) is 22.5 Å². The molecule has 0 spiro atoms. The highest BCUT2D eigenvalue weighted by Gasteiger charge is 2.03. The van der Waals surface area contributed by atoms with E-state index in [9.17, 15) is 9.59 Å². The third-order valence-electron chi connectivity index (χ3n) is 2.80. The first-order valence-electron chi connectivity index (χ1n) is 6.28. The minimum atomic E-state index is -0.378. The van der Waals surface area contributed by atoms with Crippen LogP contribution in [0.25, 0.3) is 0 Å². The van der Waals surface area contributed by atoms with Gasteiger partial charge in [0.1, 0.15) is 0 Å². The molecule has 0 heterocycles. The van der Waals surface area contributed by atoms with E-state index in [4.69, 9.17) is 11.7 Å². The average Bonchev–Trinajstić information content (AvgIpc) is 2.59. The highest BCUT2D eigenvalue weighted by Crippen LogP contribution is 2.19. The van der Waals surface area contributed by atoms with Gasteiger partial charge in [0.05, 0.1) is 11.4 Å². The number of nitrogens with zero attached hydrogens (tertiary/aromatic N) is 2. The Morgan fingerprint density at radius 2 is 1.00 bits per heavy atom. The molecule has 2 rings (SSSR count). The Labute approximate surface area is 126 Å². The third kappa shape index (κ3) is 3.72. The quantitative estimate of drug-likeness (QED) is 0.293. The summed E-state index contributed by atoms with van der Waals surface area (Å²) in [4.78, 5) is 22.6. The minimum Gasteiger partial charge on any atom is -0.290 e. The van der Waals surface area contributed by atoms with Gasteiger partial charge in [-0.2, -0.15) is 10.2 Å². The number of azo groups is 1. The molecule has 0 atom stereocenters. The molecule has 22 heavy (non-hydrogen) atoms. The summed E-state index contributed by atoms with van der Waals surface area (Å²) in [6, 6.07) is 12.9. The van der Waals surface area contributed by atoms with Gasteiger partial charge in [-0.15, -0.1) is 0 Å². The molecule has 0 aliphatic carbocycles. The lowest BCUT2D eigenvalue weighted by molar-refractivity contribution is 0.0945. The number of nitrogen functional groups attached to an aromatic ring is 2. The smallest absolute Gasteiger partial charge is 0.265 e. The van der Waals surface area contributed by atoms with Crippen LogP contribution in [-0.4, -0.2) is 11.8 Å². The molecule has 2 aromatic rings. The molecule has 0 aliphatic rings. The van der Waals surface area contributed by atoms with Gasteiger partial charge in [-0.25, -0.2) is 11.7 Å². The van der Waals surface area contributed by atoms with Crippen LogP contribution in [0.1, 0.15) is 20.7 Å². The topological polar surface area (TPSA) is 135 Å². The van der Waals surface area contributed by atoms with Crippen molar-refractivity contribution < 1.29 is 9.59 Å². The number of nitrogens with one attached hydrogen (secondary N) is 2. The fraction of sp³-hybridized carbons (Fsp3) is 0. The summed E-state index contributed by atoms with van der Waals surface area (Å²) in [7, 11) is 0. The maximum Gasteiger partial charge on any atom is 0.265 e. The summed E-state index contributed by atoms with van der Waals surface area (Å²) in [5.74, 6) is 9.33. The summed E-state index contributed by atoms with van der Waals surface area (Å²) >= 11 is 0. The summed E-state index contributed by atoms with van der Waals surface area (Å²) in [6.07, 6.45) is 0. The molecule has 2 aromatic carbocycles. The number of hydrazine groups is 2. The maximum atomic E-state index is 11.3. The second-order valence-corrected chi connectivity index (χ2v) is 4.24. The van der Waals surface area contributed by atoms with Gasteiger partial charge in [0.15, 0.2) is 0 Å². The Bertz CT molecular complexity index is 633. The van der Waals surface area contributed by atoms with Crippen molar-refractivity contribution in [3.63, 3.8) is 0 Å². The fourth-order valence-electron chi connectivity index (χ4n) is 1.64. The summed E-state index contributed by atoms with van der Waals surface area (Å²) in [5.41, 5.74) is 6.11. The number of nitrogens with two attached hydrogens (primary N) is 2. The molecule has 0 aliphatic heterocycles. The molecule has 0 bridgehead atoms. The lowest BCUT2D eigenvalue weighted by Crippen LogP contribution is -2.29. The van der Waals surface area contributed by atoms with E-state index in [0.717, 1.165) is 0 Å². The Morgan fingerprint density at radius 1 is 0.682 bits per heavy atom. The number of amides is 2. The van der Waals surface area contributed by atoms with E-state index in [1.165, 1.54) is 0 Å². The number of benzene rings is 2. The summed E-state index contributed by atoms with van der Waals surface area (Å²) < 4.78 is 0. The first-order chi connectivity index (χ1) is 10.6. The van der Waals surface area contributed by atoms with Gasteiger partial charge in [-0.1, -0.05) is 0 Å². The highest BCUT2D eigenvalue weighted by atomic mass is 16.2. The molecule has 0 unspecified atom stereocenters. The van der Waals surface area contributed by atoms with Crippen molar-refractivity contribution in [2.24, 2.45) is 21.9 Å². The van der Waals surface area contributed by atoms with Gasteiger partial charge < -0.3 is 0 Å². The molecule has 2 amide bonds. The first-order valence-corrected chi connectivity index (χ1v) is 6.28. The summed E-state index contributed by atoms with van der Waals surface area (Å²) in [5, 5.41) is 8.07. The van der Waals surface area contributed by atoms with Crippen molar-refractivity contribution >= 4 is 23.2 Å². The standard InChI is InChI=1S/C14H14N6O2/c15-17-13(21)9-1-5-11(6-2-9)19-20-12-7-3-10(4-8-12)14(22)18-16/h1-8H,15-16H2,(H,17,21)(H,18,22). The van der Waals surface area contributed by atoms with Crippen molar-refractivity contribution in [3.05, 3.63) is 59.7 Å². The highest BCUT2D eigenvalue weighted by molar-refractivity contribution is 5.94. The zero-order chi connectivity index (χ0) is 15.9. The van der Waals surface area contributed by atoms with Gasteiger partial charge in [0.25, 0.3) is 11.8 Å². The number of carbonyl (C=O) groups excluding carboxylic acids is 2. The Kier molecular flexibility index (Phi) is 4.91. The van der Waals surface area contributed by atoms with Gasteiger partial charge in [0.2, 0.25) is 0 Å². The second-order valence-electron chi connectivity index (χ2n) is 4.24. The van der Waals surface area contributed by atoms with Crippen molar-refractivity contribution in [1.29, 1.82) is 0 Å². The van der Waals surface area contributed by atoms with E-state index in [1.54, 1.807) is 48.5 Å². The van der Waals surface area contributed by atoms with E-state index in [2.05, 4.69) is 10.2 Å². The van der Waals surface area contributed by atoms with Crippen LogP contribution in [-0.2, 0) is 0 Å². The molecule has 6 N–H and O–H groups in total. The monoisotopic (exact) mass is 298 g/mol. The molecule has 0 saturated carbocycles. The predicted molar refractivity (Wildman–Crippen MR) is 80.4 cm³/mol. The van der Waals surface area contributed by atoms with Crippen LogP contribution in [0.15, 0.2) is 58.8 Å². The van der Waals surface area contributed by atoms with E-state index >= 15 is 0 Å².